The molecule has 1 aliphatic rings. The zero-order valence-electron chi connectivity index (χ0n) is 13.8. The van der Waals surface area contributed by atoms with Crippen molar-refractivity contribution < 1.29 is 21.6 Å². The van der Waals surface area contributed by atoms with E-state index in [9.17, 15) is 21.6 Å². The molecule has 0 atom stereocenters. The zero-order chi connectivity index (χ0) is 19.4. The lowest BCUT2D eigenvalue weighted by Gasteiger charge is -2.13. The third kappa shape index (κ3) is 3.39. The summed E-state index contributed by atoms with van der Waals surface area (Å²) in [5.74, 6) is -0.865. The quantitative estimate of drug-likeness (QED) is 0.688. The fourth-order valence-corrected chi connectivity index (χ4v) is 4.73. The second-order valence-corrected chi connectivity index (χ2v) is 9.13. The first-order valence-corrected chi connectivity index (χ1v) is 10.1. The number of alkyl halides is 2. The van der Waals surface area contributed by atoms with Crippen LogP contribution in [0.1, 0.15) is 31.2 Å². The van der Waals surface area contributed by atoms with E-state index in [4.69, 9.17) is 0 Å². The number of halogens is 3. The average Bonchev–Trinajstić information content (AvgIpc) is 3.11. The Morgan fingerprint density at radius 2 is 1.96 bits per heavy atom. The maximum atomic E-state index is 14.5. The number of hydrogen-bond donors (Lipinski definition) is 1. The SMILES string of the molecule is CC1(NS(=O)(=O)c2cc(F)c3ncnc(-c4nnc(C(F)F)s4)c3c2)CC1. The number of nitrogens with one attached hydrogen (secondary N) is 1. The Hall–Kier alpha value is -2.18. The Morgan fingerprint density at radius 1 is 1.22 bits per heavy atom. The largest absolute Gasteiger partial charge is 0.291 e. The molecular formula is C15H12F3N5O2S2. The van der Waals surface area contributed by atoms with E-state index in [1.807, 2.05) is 0 Å². The molecule has 2 heterocycles. The van der Waals surface area contributed by atoms with E-state index in [-0.39, 0.29) is 26.5 Å². The van der Waals surface area contributed by atoms with E-state index in [0.29, 0.717) is 24.2 Å². The third-order valence-electron chi connectivity index (χ3n) is 4.19. The van der Waals surface area contributed by atoms with Gasteiger partial charge >= 0.3 is 0 Å². The Labute approximate surface area is 155 Å². The van der Waals surface area contributed by atoms with Crippen LogP contribution < -0.4 is 4.72 Å². The fourth-order valence-electron chi connectivity index (χ4n) is 2.52. The summed E-state index contributed by atoms with van der Waals surface area (Å²) in [5.41, 5.74) is -0.630. The lowest BCUT2D eigenvalue weighted by atomic mass is 10.2. The maximum Gasteiger partial charge on any atom is 0.291 e. The Kier molecular flexibility index (Phi) is 4.16. The van der Waals surface area contributed by atoms with E-state index in [1.165, 1.54) is 6.07 Å². The highest BCUT2D eigenvalue weighted by atomic mass is 32.2. The van der Waals surface area contributed by atoms with Crippen molar-refractivity contribution in [3.63, 3.8) is 0 Å². The monoisotopic (exact) mass is 415 g/mol. The standard InChI is InChI=1S/C15H12F3N5O2S2/c1-15(2-3-15)23-27(24,25)7-4-8-10(9(16)5-7)19-6-20-11(8)13-21-22-14(26-13)12(17)18/h4-6,12,23H,2-3H2,1H3. The second kappa shape index (κ2) is 6.17. The van der Waals surface area contributed by atoms with E-state index in [0.717, 1.165) is 12.4 Å². The van der Waals surface area contributed by atoms with Gasteiger partial charge in [0.1, 0.15) is 17.5 Å². The molecule has 142 valence electrons. The molecule has 3 aromatic rings. The number of aromatic nitrogens is 4. The summed E-state index contributed by atoms with van der Waals surface area (Å²) in [6.07, 6.45) is -0.363. The lowest BCUT2D eigenvalue weighted by Crippen LogP contribution is -2.34. The normalized spacial score (nSPS) is 16.2. The first kappa shape index (κ1) is 18.2. The average molecular weight is 415 g/mol. The van der Waals surface area contributed by atoms with Crippen molar-refractivity contribution in [1.29, 1.82) is 0 Å². The van der Waals surface area contributed by atoms with Gasteiger partial charge in [-0.05, 0) is 31.9 Å². The van der Waals surface area contributed by atoms with Gasteiger partial charge < -0.3 is 0 Å². The van der Waals surface area contributed by atoms with Crippen LogP contribution in [0.25, 0.3) is 21.6 Å². The molecule has 0 radical (unpaired) electrons. The van der Waals surface area contributed by atoms with Crippen LogP contribution >= 0.6 is 11.3 Å². The molecule has 1 N–H and O–H groups in total. The third-order valence-corrected chi connectivity index (χ3v) is 6.74. The minimum Gasteiger partial charge on any atom is -0.233 e. The van der Waals surface area contributed by atoms with E-state index in [1.54, 1.807) is 6.92 Å². The van der Waals surface area contributed by atoms with Crippen molar-refractivity contribution in [2.75, 3.05) is 0 Å². The minimum atomic E-state index is -3.97. The van der Waals surface area contributed by atoms with Gasteiger partial charge in [-0.15, -0.1) is 10.2 Å². The first-order valence-electron chi connectivity index (χ1n) is 7.79. The molecule has 1 aliphatic carbocycles. The summed E-state index contributed by atoms with van der Waals surface area (Å²) >= 11 is 0.598. The molecule has 0 spiro atoms. The van der Waals surface area contributed by atoms with Crippen molar-refractivity contribution in [2.24, 2.45) is 0 Å². The van der Waals surface area contributed by atoms with Crippen LogP contribution in [0.2, 0.25) is 0 Å². The predicted octanol–water partition coefficient (Wildman–Crippen LogP) is 3.06. The van der Waals surface area contributed by atoms with Crippen LogP contribution in [-0.4, -0.2) is 34.1 Å². The van der Waals surface area contributed by atoms with Gasteiger partial charge in [-0.1, -0.05) is 11.3 Å². The van der Waals surface area contributed by atoms with Crippen molar-refractivity contribution >= 4 is 32.3 Å². The van der Waals surface area contributed by atoms with Crippen molar-refractivity contribution in [3.05, 3.63) is 29.3 Å². The number of fused-ring (bicyclic) bond motifs is 1. The van der Waals surface area contributed by atoms with Gasteiger partial charge in [0.2, 0.25) is 10.0 Å². The van der Waals surface area contributed by atoms with Crippen LogP contribution in [0.4, 0.5) is 13.2 Å². The first-order chi connectivity index (χ1) is 12.7. The highest BCUT2D eigenvalue weighted by molar-refractivity contribution is 7.89. The number of hydrogen-bond acceptors (Lipinski definition) is 7. The van der Waals surface area contributed by atoms with Gasteiger partial charge in [-0.25, -0.2) is 36.3 Å². The van der Waals surface area contributed by atoms with Crippen LogP contribution in [0.3, 0.4) is 0 Å². The van der Waals surface area contributed by atoms with Gasteiger partial charge in [0.05, 0.1) is 4.90 Å². The van der Waals surface area contributed by atoms with Gasteiger partial charge in [0.25, 0.3) is 6.43 Å². The summed E-state index contributed by atoms with van der Waals surface area (Å²) in [6.45, 7) is 1.75. The summed E-state index contributed by atoms with van der Waals surface area (Å²) in [7, 11) is -3.97. The second-order valence-electron chi connectivity index (χ2n) is 6.44. The molecule has 2 aromatic heterocycles. The summed E-state index contributed by atoms with van der Waals surface area (Å²) in [5, 5.41) is 6.61. The van der Waals surface area contributed by atoms with Crippen LogP contribution in [0.15, 0.2) is 23.4 Å². The van der Waals surface area contributed by atoms with E-state index < -0.39 is 32.8 Å². The maximum absolute atomic E-state index is 14.5. The molecule has 1 fully saturated rings. The zero-order valence-corrected chi connectivity index (χ0v) is 15.4. The smallest absolute Gasteiger partial charge is 0.233 e. The summed E-state index contributed by atoms with van der Waals surface area (Å²) in [6, 6.07) is 2.09. The predicted molar refractivity (Wildman–Crippen MR) is 91.3 cm³/mol. The molecular weight excluding hydrogens is 403 g/mol. The van der Waals surface area contributed by atoms with E-state index in [2.05, 4.69) is 24.9 Å². The molecule has 0 aliphatic heterocycles. The summed E-state index contributed by atoms with van der Waals surface area (Å²) in [4.78, 5) is 7.50. The molecule has 27 heavy (non-hydrogen) atoms. The van der Waals surface area contributed by atoms with Crippen molar-refractivity contribution in [3.8, 4) is 10.7 Å². The lowest BCUT2D eigenvalue weighted by molar-refractivity contribution is 0.150. The summed E-state index contributed by atoms with van der Waals surface area (Å²) < 4.78 is 67.8. The van der Waals surface area contributed by atoms with Crippen molar-refractivity contribution in [1.82, 2.24) is 24.9 Å². The Bertz CT molecular complexity index is 1150. The molecule has 1 aromatic carbocycles. The molecule has 0 unspecified atom stereocenters. The van der Waals surface area contributed by atoms with Gasteiger partial charge in [0.15, 0.2) is 15.8 Å². The van der Waals surface area contributed by atoms with Crippen molar-refractivity contribution in [2.45, 2.75) is 36.6 Å². The van der Waals surface area contributed by atoms with Crippen LogP contribution in [-0.2, 0) is 10.0 Å². The number of nitrogens with zero attached hydrogens (tertiary/aromatic N) is 4. The molecule has 12 heteroatoms. The molecule has 0 saturated heterocycles. The highest BCUT2D eigenvalue weighted by Gasteiger charge is 2.41. The molecule has 7 nitrogen and oxygen atoms in total. The Morgan fingerprint density at radius 3 is 2.59 bits per heavy atom. The number of rotatable bonds is 5. The molecule has 1 saturated carbocycles. The van der Waals surface area contributed by atoms with Crippen LogP contribution in [0.5, 0.6) is 0 Å². The van der Waals surface area contributed by atoms with Gasteiger partial charge in [0, 0.05) is 10.9 Å². The highest BCUT2D eigenvalue weighted by Crippen LogP contribution is 2.37. The van der Waals surface area contributed by atoms with Crippen LogP contribution in [0, 0.1) is 5.82 Å². The molecule has 4 rings (SSSR count). The van der Waals surface area contributed by atoms with E-state index >= 15 is 0 Å². The fraction of sp³-hybridized carbons (Fsp3) is 0.333. The minimum absolute atomic E-state index is 0.0220. The number of sulfonamides is 1. The topological polar surface area (TPSA) is 97.7 Å². The van der Waals surface area contributed by atoms with Gasteiger partial charge in [-0.3, -0.25) is 0 Å². The Balaban J connectivity index is 1.87. The number of benzene rings is 1. The van der Waals surface area contributed by atoms with Gasteiger partial charge in [-0.2, -0.15) is 0 Å². The molecule has 0 bridgehead atoms. The molecule has 0 amide bonds.